The van der Waals surface area contributed by atoms with Gasteiger partial charge in [0.05, 0.1) is 18.9 Å². The Balaban J connectivity index is 1.65. The highest BCUT2D eigenvalue weighted by Gasteiger charge is 2.18. The van der Waals surface area contributed by atoms with Crippen LogP contribution in [0.2, 0.25) is 0 Å². The summed E-state index contributed by atoms with van der Waals surface area (Å²) in [6, 6.07) is 10.7. The largest absolute Gasteiger partial charge is 0.490 e. The molecule has 0 fully saturated rings. The lowest BCUT2D eigenvalue weighted by molar-refractivity contribution is -0.116. The van der Waals surface area contributed by atoms with Crippen molar-refractivity contribution in [3.8, 4) is 17.2 Å². The zero-order chi connectivity index (χ0) is 19.2. The van der Waals surface area contributed by atoms with Crippen LogP contribution in [0.3, 0.4) is 0 Å². The minimum absolute atomic E-state index is 0.0939. The van der Waals surface area contributed by atoms with Crippen LogP contribution in [0.15, 0.2) is 42.5 Å². The fraction of sp³-hybridized carbons (Fsp3) is 0.316. The highest BCUT2D eigenvalue weighted by atomic mass is 19.3. The predicted octanol–water partition coefficient (Wildman–Crippen LogP) is 3.89. The Kier molecular flexibility index (Phi) is 5.95. The number of rotatable bonds is 6. The van der Waals surface area contributed by atoms with Gasteiger partial charge in [-0.25, -0.2) is 0 Å². The van der Waals surface area contributed by atoms with Crippen LogP contribution in [0.25, 0.3) is 0 Å². The highest BCUT2D eigenvalue weighted by molar-refractivity contribution is 5.97. The van der Waals surface area contributed by atoms with Gasteiger partial charge < -0.3 is 24.8 Å². The van der Waals surface area contributed by atoms with E-state index >= 15 is 0 Å². The lowest BCUT2D eigenvalue weighted by Gasteiger charge is -2.18. The van der Waals surface area contributed by atoms with Crippen LogP contribution in [-0.4, -0.2) is 31.8 Å². The maximum absolute atomic E-state index is 12.5. The Labute approximate surface area is 155 Å². The molecule has 1 amide bonds. The number of alkyl halides is 2. The lowest BCUT2D eigenvalue weighted by atomic mass is 10.2. The van der Waals surface area contributed by atoms with Crippen molar-refractivity contribution in [1.82, 2.24) is 0 Å². The Hall–Kier alpha value is -3.03. The van der Waals surface area contributed by atoms with Gasteiger partial charge in [-0.15, -0.1) is 0 Å². The van der Waals surface area contributed by atoms with Crippen molar-refractivity contribution < 1.29 is 27.8 Å². The van der Waals surface area contributed by atoms with E-state index in [0.717, 1.165) is 6.42 Å². The van der Waals surface area contributed by atoms with Crippen molar-refractivity contribution >= 4 is 17.3 Å². The molecule has 0 aromatic heterocycles. The van der Waals surface area contributed by atoms with E-state index in [1.165, 1.54) is 12.1 Å². The molecule has 1 atom stereocenters. The van der Waals surface area contributed by atoms with E-state index in [1.807, 2.05) is 0 Å². The average molecular weight is 378 g/mol. The van der Waals surface area contributed by atoms with Crippen molar-refractivity contribution in [3.63, 3.8) is 0 Å². The average Bonchev–Trinajstić information content (AvgIpc) is 2.87. The van der Waals surface area contributed by atoms with Crippen molar-refractivity contribution in [2.45, 2.75) is 26.0 Å². The second-order valence-corrected chi connectivity index (χ2v) is 5.94. The van der Waals surface area contributed by atoms with Crippen LogP contribution < -0.4 is 24.8 Å². The number of amides is 1. The summed E-state index contributed by atoms with van der Waals surface area (Å²) < 4.78 is 40.6. The second kappa shape index (κ2) is 8.57. The quantitative estimate of drug-likeness (QED) is 0.798. The number of hydrogen-bond acceptors (Lipinski definition) is 5. The number of carbonyl (C=O) groups is 1. The minimum atomic E-state index is -2.97. The molecule has 2 aromatic carbocycles. The van der Waals surface area contributed by atoms with E-state index in [4.69, 9.17) is 9.47 Å². The van der Waals surface area contributed by atoms with Gasteiger partial charge in [0.25, 0.3) is 0 Å². The van der Waals surface area contributed by atoms with Crippen molar-refractivity contribution in [3.05, 3.63) is 42.5 Å². The first-order valence-electron chi connectivity index (χ1n) is 8.54. The Morgan fingerprint density at radius 3 is 2.63 bits per heavy atom. The zero-order valence-electron chi connectivity index (χ0n) is 14.7. The van der Waals surface area contributed by atoms with Crippen molar-refractivity contribution in [2.75, 3.05) is 23.8 Å². The summed E-state index contributed by atoms with van der Waals surface area (Å²) in [5, 5.41) is 5.65. The molecule has 1 aliphatic rings. The standard InChI is InChI=1S/C19H20F2N2O4/c1-12(18(24)23-14-5-2-3-6-15(14)27-19(20)21)22-13-7-8-16-17(11-13)26-10-4-9-25-16/h2-3,5-8,11-12,19,22H,4,9-10H2,1H3,(H,23,24). The summed E-state index contributed by atoms with van der Waals surface area (Å²) in [6.45, 7) is -0.151. The van der Waals surface area contributed by atoms with Gasteiger partial charge in [-0.3, -0.25) is 4.79 Å². The van der Waals surface area contributed by atoms with E-state index in [0.29, 0.717) is 30.4 Å². The second-order valence-electron chi connectivity index (χ2n) is 5.94. The molecule has 1 unspecified atom stereocenters. The number of hydrogen-bond donors (Lipinski definition) is 2. The summed E-state index contributed by atoms with van der Waals surface area (Å²) in [5.41, 5.74) is 0.856. The number of anilines is 2. The molecule has 1 heterocycles. The van der Waals surface area contributed by atoms with Gasteiger partial charge in [-0.2, -0.15) is 8.78 Å². The number of carbonyl (C=O) groups excluding carboxylic acids is 1. The molecular formula is C19H20F2N2O4. The molecule has 6 nitrogen and oxygen atoms in total. The Morgan fingerprint density at radius 2 is 1.85 bits per heavy atom. The monoisotopic (exact) mass is 378 g/mol. The highest BCUT2D eigenvalue weighted by Crippen LogP contribution is 2.32. The van der Waals surface area contributed by atoms with Crippen LogP contribution in [0.1, 0.15) is 13.3 Å². The van der Waals surface area contributed by atoms with Crippen LogP contribution in [0.5, 0.6) is 17.2 Å². The maximum Gasteiger partial charge on any atom is 0.387 e. The van der Waals surface area contributed by atoms with Gasteiger partial charge >= 0.3 is 6.61 Å². The van der Waals surface area contributed by atoms with Gasteiger partial charge in [0.15, 0.2) is 11.5 Å². The number of halogens is 2. The third kappa shape index (κ3) is 4.99. The van der Waals surface area contributed by atoms with Gasteiger partial charge in [0.2, 0.25) is 5.91 Å². The number of para-hydroxylation sites is 2. The minimum Gasteiger partial charge on any atom is -0.490 e. The molecule has 0 saturated carbocycles. The summed E-state index contributed by atoms with van der Waals surface area (Å²) in [5.74, 6) is 0.782. The molecule has 0 radical (unpaired) electrons. The normalized spacial score (nSPS) is 14.2. The molecule has 8 heteroatoms. The molecule has 3 rings (SSSR count). The lowest BCUT2D eigenvalue weighted by Crippen LogP contribution is -2.32. The van der Waals surface area contributed by atoms with Crippen LogP contribution in [0.4, 0.5) is 20.2 Å². The summed E-state index contributed by atoms with van der Waals surface area (Å²) in [7, 11) is 0. The first kappa shape index (κ1) is 18.8. The van der Waals surface area contributed by atoms with Crippen LogP contribution in [-0.2, 0) is 4.79 Å². The van der Waals surface area contributed by atoms with Gasteiger partial charge in [0, 0.05) is 18.2 Å². The number of fused-ring (bicyclic) bond motifs is 1. The van der Waals surface area contributed by atoms with Gasteiger partial charge in [-0.05, 0) is 31.2 Å². The van der Waals surface area contributed by atoms with E-state index < -0.39 is 18.6 Å². The van der Waals surface area contributed by atoms with Crippen molar-refractivity contribution in [2.24, 2.45) is 0 Å². The first-order valence-corrected chi connectivity index (χ1v) is 8.54. The van der Waals surface area contributed by atoms with Gasteiger partial charge in [0.1, 0.15) is 11.8 Å². The molecule has 0 aliphatic carbocycles. The summed E-state index contributed by atoms with van der Waals surface area (Å²) in [4.78, 5) is 12.4. The fourth-order valence-corrected chi connectivity index (χ4v) is 2.58. The molecule has 0 spiro atoms. The zero-order valence-corrected chi connectivity index (χ0v) is 14.7. The molecule has 144 valence electrons. The van der Waals surface area contributed by atoms with E-state index in [9.17, 15) is 13.6 Å². The number of nitrogens with one attached hydrogen (secondary N) is 2. The Morgan fingerprint density at radius 1 is 1.11 bits per heavy atom. The van der Waals surface area contributed by atoms with E-state index in [1.54, 1.807) is 37.3 Å². The van der Waals surface area contributed by atoms with Crippen LogP contribution >= 0.6 is 0 Å². The smallest absolute Gasteiger partial charge is 0.387 e. The molecular weight excluding hydrogens is 358 g/mol. The first-order chi connectivity index (χ1) is 13.0. The summed E-state index contributed by atoms with van der Waals surface area (Å²) in [6.07, 6.45) is 0.802. The van der Waals surface area contributed by atoms with Crippen molar-refractivity contribution in [1.29, 1.82) is 0 Å². The maximum atomic E-state index is 12.5. The number of ether oxygens (including phenoxy) is 3. The molecule has 27 heavy (non-hydrogen) atoms. The van der Waals surface area contributed by atoms with Gasteiger partial charge in [-0.1, -0.05) is 12.1 Å². The molecule has 1 aliphatic heterocycles. The predicted molar refractivity (Wildman–Crippen MR) is 96.8 cm³/mol. The summed E-state index contributed by atoms with van der Waals surface area (Å²) >= 11 is 0. The van der Waals surface area contributed by atoms with E-state index in [2.05, 4.69) is 15.4 Å². The topological polar surface area (TPSA) is 68.8 Å². The number of benzene rings is 2. The molecule has 0 bridgehead atoms. The SMILES string of the molecule is CC(Nc1ccc2c(c1)OCCCO2)C(=O)Nc1ccccc1OC(F)F. The van der Waals surface area contributed by atoms with Crippen LogP contribution in [0, 0.1) is 0 Å². The molecule has 2 aromatic rings. The third-order valence-corrected chi connectivity index (χ3v) is 3.88. The fourth-order valence-electron chi connectivity index (χ4n) is 2.58. The molecule has 2 N–H and O–H groups in total. The van der Waals surface area contributed by atoms with E-state index in [-0.39, 0.29) is 11.4 Å². The Bertz CT molecular complexity index is 801. The third-order valence-electron chi connectivity index (χ3n) is 3.88. The molecule has 0 saturated heterocycles.